The van der Waals surface area contributed by atoms with Crippen LogP contribution in [0.3, 0.4) is 0 Å². The van der Waals surface area contributed by atoms with Crippen LogP contribution in [-0.2, 0) is 19.6 Å². The van der Waals surface area contributed by atoms with Gasteiger partial charge in [0.1, 0.15) is 0 Å². The van der Waals surface area contributed by atoms with Crippen LogP contribution in [0.25, 0.3) is 10.8 Å². The van der Waals surface area contributed by atoms with Crippen LogP contribution in [0, 0.1) is 0 Å². The van der Waals surface area contributed by atoms with Gasteiger partial charge in [-0.1, -0.05) is 42.5 Å². The fourth-order valence-corrected chi connectivity index (χ4v) is 2.74. The van der Waals surface area contributed by atoms with E-state index in [4.69, 9.17) is 0 Å². The number of aromatic nitrogens is 1. The van der Waals surface area contributed by atoms with Crippen molar-refractivity contribution in [2.75, 3.05) is 7.05 Å². The number of fused-ring (bicyclic) bond motifs is 1. The molecular formula is C19H22N4. The van der Waals surface area contributed by atoms with Gasteiger partial charge in [-0.15, -0.1) is 0 Å². The van der Waals surface area contributed by atoms with Crippen molar-refractivity contribution in [3.05, 3.63) is 77.6 Å². The number of nitrogens with zero attached hydrogens (tertiary/aromatic N) is 1. The number of hydrogen-bond donors (Lipinski definition) is 3. The zero-order valence-electron chi connectivity index (χ0n) is 13.3. The van der Waals surface area contributed by atoms with Gasteiger partial charge in [-0.05, 0) is 41.1 Å². The lowest BCUT2D eigenvalue weighted by Gasteiger charge is -2.12. The Kier molecular flexibility index (Phi) is 5.32. The largest absolute Gasteiger partial charge is 0.307 e. The van der Waals surface area contributed by atoms with Gasteiger partial charge in [0.2, 0.25) is 0 Å². The van der Waals surface area contributed by atoms with Gasteiger partial charge in [0.25, 0.3) is 0 Å². The maximum Gasteiger partial charge on any atom is 0.0541 e. The SMILES string of the molecule is CNNCc1ccc(CNCc2ccccn2)c2ccccc12. The number of benzene rings is 2. The molecule has 0 bridgehead atoms. The minimum absolute atomic E-state index is 0.776. The Bertz CT molecular complexity index is 756. The molecule has 3 N–H and O–H groups in total. The summed E-state index contributed by atoms with van der Waals surface area (Å²) in [6.07, 6.45) is 1.83. The maximum atomic E-state index is 4.34. The Labute approximate surface area is 136 Å². The third-order valence-electron chi connectivity index (χ3n) is 3.91. The van der Waals surface area contributed by atoms with Crippen molar-refractivity contribution in [3.63, 3.8) is 0 Å². The molecule has 1 heterocycles. The van der Waals surface area contributed by atoms with Crippen molar-refractivity contribution in [1.29, 1.82) is 0 Å². The van der Waals surface area contributed by atoms with Crippen LogP contribution in [0.1, 0.15) is 16.8 Å². The van der Waals surface area contributed by atoms with E-state index in [-0.39, 0.29) is 0 Å². The minimum Gasteiger partial charge on any atom is -0.307 e. The van der Waals surface area contributed by atoms with E-state index in [1.54, 1.807) is 0 Å². The van der Waals surface area contributed by atoms with E-state index in [2.05, 4.69) is 57.6 Å². The summed E-state index contributed by atoms with van der Waals surface area (Å²) in [5.41, 5.74) is 9.81. The summed E-state index contributed by atoms with van der Waals surface area (Å²) in [7, 11) is 1.89. The molecular weight excluding hydrogens is 284 g/mol. The molecule has 0 aliphatic heterocycles. The maximum absolute atomic E-state index is 4.34. The lowest BCUT2D eigenvalue weighted by Crippen LogP contribution is -2.26. The predicted octanol–water partition coefficient (Wildman–Crippen LogP) is 2.75. The van der Waals surface area contributed by atoms with Gasteiger partial charge in [-0.3, -0.25) is 15.8 Å². The van der Waals surface area contributed by atoms with E-state index in [9.17, 15) is 0 Å². The molecule has 3 rings (SSSR count). The summed E-state index contributed by atoms with van der Waals surface area (Å²) in [5, 5.41) is 6.08. The fourth-order valence-electron chi connectivity index (χ4n) is 2.74. The van der Waals surface area contributed by atoms with Crippen LogP contribution < -0.4 is 16.2 Å². The molecule has 1 aromatic heterocycles. The first-order valence-electron chi connectivity index (χ1n) is 7.88. The normalized spacial score (nSPS) is 11.0. The molecule has 3 aromatic rings. The first kappa shape index (κ1) is 15.6. The summed E-state index contributed by atoms with van der Waals surface area (Å²) in [4.78, 5) is 4.34. The second-order valence-corrected chi connectivity index (χ2v) is 5.46. The van der Waals surface area contributed by atoms with Crippen LogP contribution in [0.5, 0.6) is 0 Å². The molecule has 2 aromatic carbocycles. The van der Waals surface area contributed by atoms with Crippen molar-refractivity contribution < 1.29 is 0 Å². The second-order valence-electron chi connectivity index (χ2n) is 5.46. The van der Waals surface area contributed by atoms with Gasteiger partial charge >= 0.3 is 0 Å². The van der Waals surface area contributed by atoms with Crippen LogP contribution in [0.2, 0.25) is 0 Å². The zero-order valence-corrected chi connectivity index (χ0v) is 13.3. The molecule has 0 radical (unpaired) electrons. The topological polar surface area (TPSA) is 49.0 Å². The highest BCUT2D eigenvalue weighted by Crippen LogP contribution is 2.23. The molecule has 0 atom stereocenters. The van der Waals surface area contributed by atoms with Crippen molar-refractivity contribution in [2.24, 2.45) is 0 Å². The first-order valence-corrected chi connectivity index (χ1v) is 7.88. The molecule has 0 saturated carbocycles. The molecule has 0 spiro atoms. The minimum atomic E-state index is 0.776. The van der Waals surface area contributed by atoms with Crippen LogP contribution >= 0.6 is 0 Å². The highest BCUT2D eigenvalue weighted by Gasteiger charge is 2.05. The third kappa shape index (κ3) is 3.93. The van der Waals surface area contributed by atoms with Gasteiger partial charge < -0.3 is 5.32 Å². The van der Waals surface area contributed by atoms with Crippen molar-refractivity contribution in [2.45, 2.75) is 19.6 Å². The molecule has 4 heteroatoms. The van der Waals surface area contributed by atoms with Crippen molar-refractivity contribution >= 4 is 10.8 Å². The first-order chi connectivity index (χ1) is 11.4. The van der Waals surface area contributed by atoms with Gasteiger partial charge in [-0.25, -0.2) is 0 Å². The lowest BCUT2D eigenvalue weighted by atomic mass is 9.99. The average Bonchev–Trinajstić information content (AvgIpc) is 2.62. The number of rotatable bonds is 7. The smallest absolute Gasteiger partial charge is 0.0541 e. The zero-order chi connectivity index (χ0) is 15.9. The van der Waals surface area contributed by atoms with Crippen LogP contribution in [0.4, 0.5) is 0 Å². The number of hydrogen-bond acceptors (Lipinski definition) is 4. The summed E-state index contributed by atoms with van der Waals surface area (Å²) in [6, 6.07) is 19.0. The summed E-state index contributed by atoms with van der Waals surface area (Å²) >= 11 is 0. The molecule has 0 amide bonds. The van der Waals surface area contributed by atoms with E-state index in [0.29, 0.717) is 0 Å². The molecule has 0 saturated heterocycles. The predicted molar refractivity (Wildman–Crippen MR) is 94.6 cm³/mol. The van der Waals surface area contributed by atoms with E-state index in [1.807, 2.05) is 31.4 Å². The van der Waals surface area contributed by atoms with E-state index in [1.165, 1.54) is 21.9 Å². The second kappa shape index (κ2) is 7.83. The van der Waals surface area contributed by atoms with E-state index in [0.717, 1.165) is 25.3 Å². The monoisotopic (exact) mass is 306 g/mol. The van der Waals surface area contributed by atoms with Gasteiger partial charge in [0.05, 0.1) is 5.69 Å². The van der Waals surface area contributed by atoms with E-state index >= 15 is 0 Å². The van der Waals surface area contributed by atoms with Crippen molar-refractivity contribution in [3.8, 4) is 0 Å². The average molecular weight is 306 g/mol. The molecule has 23 heavy (non-hydrogen) atoms. The van der Waals surface area contributed by atoms with Gasteiger partial charge in [0, 0.05) is 25.8 Å². The van der Waals surface area contributed by atoms with Crippen LogP contribution in [0.15, 0.2) is 60.8 Å². The van der Waals surface area contributed by atoms with Crippen LogP contribution in [-0.4, -0.2) is 12.0 Å². The Balaban J connectivity index is 1.76. The van der Waals surface area contributed by atoms with Gasteiger partial charge in [0.15, 0.2) is 0 Å². The van der Waals surface area contributed by atoms with E-state index < -0.39 is 0 Å². The molecule has 118 valence electrons. The van der Waals surface area contributed by atoms with Gasteiger partial charge in [-0.2, -0.15) is 0 Å². The standard InChI is InChI=1S/C19H22N4/c1-20-23-13-16-10-9-15(18-7-2-3-8-19(16)18)12-21-14-17-6-4-5-11-22-17/h2-11,20-21,23H,12-14H2,1H3. The molecule has 0 aliphatic carbocycles. The highest BCUT2D eigenvalue weighted by molar-refractivity contribution is 5.88. The fraction of sp³-hybridized carbons (Fsp3) is 0.211. The summed E-state index contributed by atoms with van der Waals surface area (Å²) < 4.78 is 0. The summed E-state index contributed by atoms with van der Waals surface area (Å²) in [5.74, 6) is 0. The Hall–Kier alpha value is -2.27. The molecule has 4 nitrogen and oxygen atoms in total. The quantitative estimate of drug-likeness (QED) is 0.588. The van der Waals surface area contributed by atoms with Crippen molar-refractivity contribution in [1.82, 2.24) is 21.2 Å². The third-order valence-corrected chi connectivity index (χ3v) is 3.91. The Morgan fingerprint density at radius 2 is 1.48 bits per heavy atom. The number of pyridine rings is 1. The number of hydrazine groups is 1. The Morgan fingerprint density at radius 3 is 2.13 bits per heavy atom. The summed E-state index contributed by atoms with van der Waals surface area (Å²) in [6.45, 7) is 2.41. The highest BCUT2D eigenvalue weighted by atomic mass is 15.3. The molecule has 0 unspecified atom stereocenters. The molecule has 0 fully saturated rings. The lowest BCUT2D eigenvalue weighted by molar-refractivity contribution is 0.598. The Morgan fingerprint density at radius 1 is 0.783 bits per heavy atom. The number of nitrogens with one attached hydrogen (secondary N) is 3. The molecule has 0 aliphatic rings.